The molecule has 8 rings (SSSR count). The summed E-state index contributed by atoms with van der Waals surface area (Å²) in [5.74, 6) is 1.79. The minimum absolute atomic E-state index is 0.0888. The Balaban J connectivity index is 1.05. The summed E-state index contributed by atoms with van der Waals surface area (Å²) in [4.78, 5) is 38.5. The average Bonchev–Trinajstić information content (AvgIpc) is 3.81. The monoisotopic (exact) mass is 1100 g/mol. The van der Waals surface area contributed by atoms with Crippen LogP contribution in [0.4, 0.5) is 22.7 Å². The van der Waals surface area contributed by atoms with Crippen molar-refractivity contribution in [2.24, 2.45) is 4.99 Å². The molecular weight excluding hydrogens is 1060 g/mol. The van der Waals surface area contributed by atoms with Gasteiger partial charge in [-0.3, -0.25) is 0 Å². The zero-order valence-corrected chi connectivity index (χ0v) is 38.3. The Labute approximate surface area is 366 Å². The van der Waals surface area contributed by atoms with Gasteiger partial charge in [-0.05, 0) is 11.6 Å². The van der Waals surface area contributed by atoms with Gasteiger partial charge in [0.2, 0.25) is 0 Å². The van der Waals surface area contributed by atoms with E-state index in [1.807, 2.05) is 58.5 Å². The Morgan fingerprint density at radius 3 is 2.33 bits per heavy atom. The number of hydrogen-bond donors (Lipinski definition) is 1. The molecule has 0 unspecified atom stereocenters. The van der Waals surface area contributed by atoms with Crippen LogP contribution in [-0.4, -0.2) is 61.3 Å². The van der Waals surface area contributed by atoms with E-state index in [9.17, 15) is 9.59 Å². The fourth-order valence-electron chi connectivity index (χ4n) is 7.68. The molecule has 294 valence electrons. The van der Waals surface area contributed by atoms with Crippen molar-refractivity contribution in [2.45, 2.75) is 32.1 Å². The Morgan fingerprint density at radius 1 is 0.930 bits per heavy atom. The zero-order chi connectivity index (χ0) is 39.8. The molecule has 3 aliphatic heterocycles. The van der Waals surface area contributed by atoms with Gasteiger partial charge in [-0.1, -0.05) is 36.4 Å². The molecule has 1 atom stereocenters. The first-order chi connectivity index (χ1) is 27.8. The van der Waals surface area contributed by atoms with Crippen molar-refractivity contribution in [3.63, 3.8) is 0 Å². The van der Waals surface area contributed by atoms with Gasteiger partial charge < -0.3 is 0 Å². The van der Waals surface area contributed by atoms with Crippen LogP contribution in [0.1, 0.15) is 43.0 Å². The second kappa shape index (κ2) is 16.9. The van der Waals surface area contributed by atoms with E-state index in [0.29, 0.717) is 58.7 Å². The Morgan fingerprint density at radius 2 is 1.61 bits per heavy atom. The predicted molar refractivity (Wildman–Crippen MR) is 239 cm³/mol. The van der Waals surface area contributed by atoms with Crippen LogP contribution in [-0.2, 0) is 26.1 Å². The van der Waals surface area contributed by atoms with E-state index in [0.717, 1.165) is 40.9 Å². The third-order valence-corrected chi connectivity index (χ3v) is 17.9. The first-order valence-electron chi connectivity index (χ1n) is 18.2. The van der Waals surface area contributed by atoms with Crippen LogP contribution in [0, 0.1) is 10.7 Å². The topological polar surface area (TPSA) is 102 Å². The number of para-hydroxylation sites is 2. The molecule has 3 heterocycles. The minimum atomic E-state index is -0.540. The standard InChI is InChI=1S/C44H40I3N4O6/c1-46-41-27(23-56-38-20-32(48-3)30(18-36(38)54-4)43(52)50-15-14-25-10-6-8-12-34(25)50)16-28(42(47-2)40(41)45)24-57-39-21-33-31(19-37(39)55-5)44(53)51-29(22-49-33)17-26-11-7-9-13-35(26)51/h6-13,16,18-22,29,48H,2,14-15,17,23-24H2,1,3-5H3/q-1/t29-/m0/s1. The summed E-state index contributed by atoms with van der Waals surface area (Å²) in [5, 5.41) is 3.21. The maximum absolute atomic E-state index is 13.9. The Bertz CT molecular complexity index is 2470. The normalized spacial score (nSPS) is 15.1. The van der Waals surface area contributed by atoms with Crippen LogP contribution in [0.5, 0.6) is 23.0 Å². The number of carbonyl (C=O) groups excluding carboxylic acids is 2. The van der Waals surface area contributed by atoms with Gasteiger partial charge in [0.1, 0.15) is 0 Å². The van der Waals surface area contributed by atoms with Crippen LogP contribution >= 0.6 is 43.3 Å². The number of ether oxygens (including phenoxy) is 4. The summed E-state index contributed by atoms with van der Waals surface area (Å²) in [6.45, 7) is 1.20. The summed E-state index contributed by atoms with van der Waals surface area (Å²) < 4.78 is 32.8. The SMILES string of the molecule is C=Ic1c(COc2cc3c(cc2OC)C(=O)N2c4ccccc4C[C@H]2C=N3)cc(COc2cc(NC)c(C(=O)N3CCc4ccccc43)cc2OC)c([I-]C)c1I. The number of fused-ring (bicyclic) bond motifs is 5. The van der Waals surface area contributed by atoms with E-state index >= 15 is 0 Å². The van der Waals surface area contributed by atoms with Gasteiger partial charge in [0.25, 0.3) is 0 Å². The fraction of sp³-hybridized carbons (Fsp3) is 0.227. The van der Waals surface area contributed by atoms with Gasteiger partial charge in [-0.15, -0.1) is 0 Å². The molecule has 3 aliphatic rings. The Hall–Kier alpha value is -4.23. The molecule has 0 saturated heterocycles. The van der Waals surface area contributed by atoms with Gasteiger partial charge in [0.15, 0.2) is 0 Å². The molecule has 1 N–H and O–H groups in total. The second-order valence-corrected chi connectivity index (χ2v) is 18.6. The van der Waals surface area contributed by atoms with Crippen molar-refractivity contribution < 1.29 is 49.7 Å². The Kier molecular flexibility index (Phi) is 11.8. The van der Waals surface area contributed by atoms with E-state index in [-0.39, 0.29) is 45.7 Å². The summed E-state index contributed by atoms with van der Waals surface area (Å²) >= 11 is 1.60. The summed E-state index contributed by atoms with van der Waals surface area (Å²) in [7, 11) is 4.98. The predicted octanol–water partition coefficient (Wildman–Crippen LogP) is 5.46. The van der Waals surface area contributed by atoms with Gasteiger partial charge in [-0.2, -0.15) is 0 Å². The molecule has 0 aliphatic carbocycles. The summed E-state index contributed by atoms with van der Waals surface area (Å²) in [6.07, 6.45) is 3.41. The number of nitrogens with zero attached hydrogens (tertiary/aromatic N) is 3. The second-order valence-electron chi connectivity index (χ2n) is 13.5. The van der Waals surface area contributed by atoms with Crippen molar-refractivity contribution in [1.82, 2.24) is 0 Å². The number of rotatable bonds is 12. The number of alkyl halides is 1. The molecule has 0 spiro atoms. The zero-order valence-electron chi connectivity index (χ0n) is 31.8. The van der Waals surface area contributed by atoms with Gasteiger partial charge in [0.05, 0.1) is 0 Å². The third-order valence-electron chi connectivity index (χ3n) is 10.5. The molecular formula is C44H40I3N4O6-. The molecule has 5 aromatic carbocycles. The van der Waals surface area contributed by atoms with Gasteiger partial charge in [-0.25, -0.2) is 0 Å². The molecule has 0 saturated carbocycles. The van der Waals surface area contributed by atoms with E-state index in [4.69, 9.17) is 23.9 Å². The van der Waals surface area contributed by atoms with Crippen molar-refractivity contribution in [3.05, 3.63) is 123 Å². The van der Waals surface area contributed by atoms with Crippen LogP contribution < -0.4 is 55.3 Å². The number of hydrogen-bond acceptors (Lipinski definition) is 8. The number of halogens is 3. The molecule has 2 amide bonds. The third kappa shape index (κ3) is 7.39. The molecule has 0 aromatic heterocycles. The van der Waals surface area contributed by atoms with Gasteiger partial charge >= 0.3 is 309 Å². The van der Waals surface area contributed by atoms with Crippen LogP contribution in [0.15, 0.2) is 83.9 Å². The maximum atomic E-state index is 13.9. The number of carbonyl (C=O) groups is 2. The number of anilines is 3. The van der Waals surface area contributed by atoms with Crippen molar-refractivity contribution in [2.75, 3.05) is 47.9 Å². The van der Waals surface area contributed by atoms with Crippen molar-refractivity contribution >= 4 is 88.6 Å². The molecule has 0 bridgehead atoms. The van der Waals surface area contributed by atoms with E-state index < -0.39 is 20.7 Å². The molecule has 5 aromatic rings. The molecule has 13 heteroatoms. The van der Waals surface area contributed by atoms with E-state index in [1.165, 1.54) is 16.3 Å². The van der Waals surface area contributed by atoms with Crippen molar-refractivity contribution in [1.29, 1.82) is 0 Å². The summed E-state index contributed by atoms with van der Waals surface area (Å²) in [6, 6.07) is 25.2. The number of aliphatic imine (C=N–C) groups is 1. The van der Waals surface area contributed by atoms with Gasteiger partial charge in [0, 0.05) is 12.1 Å². The van der Waals surface area contributed by atoms with Crippen LogP contribution in [0.3, 0.4) is 0 Å². The molecule has 0 radical (unpaired) electrons. The average molecular weight is 1100 g/mol. The van der Waals surface area contributed by atoms with E-state index in [2.05, 4.69) is 55.6 Å². The molecule has 57 heavy (non-hydrogen) atoms. The quantitative estimate of drug-likeness (QED) is 0.101. The molecule has 0 fully saturated rings. The number of methoxy groups -OCH3 is 2. The van der Waals surface area contributed by atoms with Crippen LogP contribution in [0.25, 0.3) is 0 Å². The van der Waals surface area contributed by atoms with Crippen molar-refractivity contribution in [3.8, 4) is 23.0 Å². The number of amides is 2. The molecule has 10 nitrogen and oxygen atoms in total. The fourth-order valence-corrected chi connectivity index (χ4v) is 14.4. The van der Waals surface area contributed by atoms with E-state index in [1.54, 1.807) is 39.5 Å². The van der Waals surface area contributed by atoms with Crippen LogP contribution in [0.2, 0.25) is 0 Å². The number of benzene rings is 5. The summed E-state index contributed by atoms with van der Waals surface area (Å²) in [5.41, 5.74) is 8.46. The first kappa shape index (κ1) is 39.6. The first-order valence-corrected chi connectivity index (χ1v) is 25.1. The number of nitrogens with one attached hydrogen (secondary N) is 1.